The fourth-order valence-corrected chi connectivity index (χ4v) is 2.02. The Morgan fingerprint density at radius 2 is 1.87 bits per heavy atom. The van der Waals surface area contributed by atoms with Gasteiger partial charge in [-0.15, -0.1) is 0 Å². The number of nitrogens with zero attached hydrogens (tertiary/aromatic N) is 1. The molecule has 0 heterocycles. The zero-order chi connectivity index (χ0) is 11.3. The van der Waals surface area contributed by atoms with Crippen molar-refractivity contribution < 1.29 is 0 Å². The lowest BCUT2D eigenvalue weighted by Crippen LogP contribution is -2.32. The number of rotatable bonds is 8. The van der Waals surface area contributed by atoms with Crippen LogP contribution in [0.25, 0.3) is 0 Å². The van der Waals surface area contributed by atoms with E-state index < -0.39 is 0 Å². The lowest BCUT2D eigenvalue weighted by molar-refractivity contribution is 0.230. The second-order valence-corrected chi connectivity index (χ2v) is 5.37. The summed E-state index contributed by atoms with van der Waals surface area (Å²) in [6.45, 7) is 9.23. The molecule has 0 aliphatic heterocycles. The van der Waals surface area contributed by atoms with Crippen LogP contribution in [-0.2, 0) is 0 Å². The van der Waals surface area contributed by atoms with Gasteiger partial charge in [-0.05, 0) is 58.7 Å². The summed E-state index contributed by atoms with van der Waals surface area (Å²) >= 11 is 0. The Morgan fingerprint density at radius 3 is 2.40 bits per heavy atom. The average Bonchev–Trinajstić information content (AvgIpc) is 2.98. The van der Waals surface area contributed by atoms with Gasteiger partial charge in [0.05, 0.1) is 0 Å². The van der Waals surface area contributed by atoms with Crippen molar-refractivity contribution in [1.29, 1.82) is 0 Å². The van der Waals surface area contributed by atoms with Crippen LogP contribution in [0.15, 0.2) is 0 Å². The molecule has 1 aliphatic rings. The SMILES string of the molecule is CC(C)NCCCCN(C)C(C)C1CC1. The van der Waals surface area contributed by atoms with E-state index in [-0.39, 0.29) is 0 Å². The van der Waals surface area contributed by atoms with E-state index in [0.717, 1.165) is 12.0 Å². The summed E-state index contributed by atoms with van der Waals surface area (Å²) in [5.41, 5.74) is 0. The minimum atomic E-state index is 0.633. The van der Waals surface area contributed by atoms with E-state index in [4.69, 9.17) is 0 Å². The molecule has 1 atom stereocenters. The third kappa shape index (κ3) is 5.53. The third-order valence-electron chi connectivity index (χ3n) is 3.49. The number of hydrogen-bond donors (Lipinski definition) is 1. The van der Waals surface area contributed by atoms with Gasteiger partial charge < -0.3 is 10.2 Å². The van der Waals surface area contributed by atoms with E-state index in [1.54, 1.807) is 0 Å². The van der Waals surface area contributed by atoms with Gasteiger partial charge in [-0.1, -0.05) is 13.8 Å². The third-order valence-corrected chi connectivity index (χ3v) is 3.49. The molecular formula is C13H28N2. The van der Waals surface area contributed by atoms with Crippen molar-refractivity contribution >= 4 is 0 Å². The van der Waals surface area contributed by atoms with Crippen LogP contribution in [0.3, 0.4) is 0 Å². The molecule has 1 saturated carbocycles. The highest BCUT2D eigenvalue weighted by Crippen LogP contribution is 2.34. The van der Waals surface area contributed by atoms with Gasteiger partial charge in [0.1, 0.15) is 0 Å². The molecule has 2 heteroatoms. The van der Waals surface area contributed by atoms with Gasteiger partial charge in [0.25, 0.3) is 0 Å². The molecule has 0 aromatic carbocycles. The van der Waals surface area contributed by atoms with E-state index in [1.165, 1.54) is 38.8 Å². The summed E-state index contributed by atoms with van der Waals surface area (Å²) < 4.78 is 0. The second kappa shape index (κ2) is 6.49. The van der Waals surface area contributed by atoms with Gasteiger partial charge in [0.2, 0.25) is 0 Å². The molecule has 1 N–H and O–H groups in total. The molecule has 2 nitrogen and oxygen atoms in total. The van der Waals surface area contributed by atoms with Crippen molar-refractivity contribution in [1.82, 2.24) is 10.2 Å². The normalized spacial score (nSPS) is 18.8. The Labute approximate surface area is 95.4 Å². The Hall–Kier alpha value is -0.0800. The first-order valence-corrected chi connectivity index (χ1v) is 6.55. The highest BCUT2D eigenvalue weighted by molar-refractivity contribution is 4.83. The van der Waals surface area contributed by atoms with Crippen molar-refractivity contribution in [3.05, 3.63) is 0 Å². The summed E-state index contributed by atoms with van der Waals surface area (Å²) in [7, 11) is 2.28. The fraction of sp³-hybridized carbons (Fsp3) is 1.00. The molecule has 1 aliphatic carbocycles. The molecule has 0 radical (unpaired) electrons. The van der Waals surface area contributed by atoms with E-state index in [0.29, 0.717) is 6.04 Å². The molecule has 1 unspecified atom stereocenters. The lowest BCUT2D eigenvalue weighted by atomic mass is 10.2. The minimum Gasteiger partial charge on any atom is -0.315 e. The zero-order valence-electron chi connectivity index (χ0n) is 10.9. The van der Waals surface area contributed by atoms with Crippen molar-refractivity contribution in [3.63, 3.8) is 0 Å². The maximum Gasteiger partial charge on any atom is 0.00921 e. The highest BCUT2D eigenvalue weighted by Gasteiger charge is 2.29. The molecule has 0 aromatic rings. The van der Waals surface area contributed by atoms with Crippen LogP contribution in [0.4, 0.5) is 0 Å². The zero-order valence-corrected chi connectivity index (χ0v) is 10.9. The quantitative estimate of drug-likeness (QED) is 0.622. The number of nitrogens with one attached hydrogen (secondary N) is 1. The molecule has 1 fully saturated rings. The first-order chi connectivity index (χ1) is 7.11. The molecular weight excluding hydrogens is 184 g/mol. The van der Waals surface area contributed by atoms with Gasteiger partial charge in [0.15, 0.2) is 0 Å². The van der Waals surface area contributed by atoms with Crippen molar-refractivity contribution in [2.45, 2.75) is 58.5 Å². The molecule has 0 spiro atoms. The van der Waals surface area contributed by atoms with Crippen LogP contribution in [0.2, 0.25) is 0 Å². The predicted octanol–water partition coefficient (Wildman–Crippen LogP) is 2.49. The van der Waals surface area contributed by atoms with Crippen molar-refractivity contribution in [2.75, 3.05) is 20.1 Å². The van der Waals surface area contributed by atoms with Crippen molar-refractivity contribution in [3.8, 4) is 0 Å². The maximum atomic E-state index is 3.47. The van der Waals surface area contributed by atoms with Crippen LogP contribution < -0.4 is 5.32 Å². The number of unbranched alkanes of at least 4 members (excludes halogenated alkanes) is 1. The van der Waals surface area contributed by atoms with E-state index >= 15 is 0 Å². The highest BCUT2D eigenvalue weighted by atomic mass is 15.1. The molecule has 0 bridgehead atoms. The lowest BCUT2D eigenvalue weighted by Gasteiger charge is -2.24. The van der Waals surface area contributed by atoms with Crippen LogP contribution >= 0.6 is 0 Å². The van der Waals surface area contributed by atoms with E-state index in [9.17, 15) is 0 Å². The summed E-state index contributed by atoms with van der Waals surface area (Å²) in [5, 5.41) is 3.47. The smallest absolute Gasteiger partial charge is 0.00921 e. The maximum absolute atomic E-state index is 3.47. The fourth-order valence-electron chi connectivity index (χ4n) is 2.02. The first kappa shape index (κ1) is 13.0. The van der Waals surface area contributed by atoms with E-state index in [2.05, 4.69) is 38.0 Å². The Morgan fingerprint density at radius 1 is 1.20 bits per heavy atom. The molecule has 15 heavy (non-hydrogen) atoms. The Balaban J connectivity index is 1.94. The van der Waals surface area contributed by atoms with Crippen LogP contribution in [0.1, 0.15) is 46.5 Å². The largest absolute Gasteiger partial charge is 0.315 e. The molecule has 0 saturated heterocycles. The molecule has 1 rings (SSSR count). The van der Waals surface area contributed by atoms with Gasteiger partial charge >= 0.3 is 0 Å². The van der Waals surface area contributed by atoms with Crippen LogP contribution in [0.5, 0.6) is 0 Å². The van der Waals surface area contributed by atoms with Gasteiger partial charge in [-0.3, -0.25) is 0 Å². The van der Waals surface area contributed by atoms with Crippen LogP contribution in [0, 0.1) is 5.92 Å². The topological polar surface area (TPSA) is 15.3 Å². The summed E-state index contributed by atoms with van der Waals surface area (Å²) in [6, 6.07) is 1.44. The Kier molecular flexibility index (Phi) is 5.62. The first-order valence-electron chi connectivity index (χ1n) is 6.55. The molecule has 0 amide bonds. The number of hydrogen-bond acceptors (Lipinski definition) is 2. The van der Waals surface area contributed by atoms with Gasteiger partial charge in [-0.2, -0.15) is 0 Å². The van der Waals surface area contributed by atoms with Gasteiger partial charge in [0, 0.05) is 12.1 Å². The standard InChI is InChI=1S/C13H28N2/c1-11(2)14-9-5-6-10-15(4)12(3)13-7-8-13/h11-14H,5-10H2,1-4H3. The van der Waals surface area contributed by atoms with Crippen LogP contribution in [-0.4, -0.2) is 37.1 Å². The molecule has 90 valence electrons. The Bertz CT molecular complexity index is 164. The summed E-state index contributed by atoms with van der Waals surface area (Å²) in [4.78, 5) is 2.53. The average molecular weight is 212 g/mol. The monoisotopic (exact) mass is 212 g/mol. The predicted molar refractivity (Wildman–Crippen MR) is 67.2 cm³/mol. The molecule has 0 aromatic heterocycles. The summed E-state index contributed by atoms with van der Waals surface area (Å²) in [6.07, 6.45) is 5.55. The minimum absolute atomic E-state index is 0.633. The van der Waals surface area contributed by atoms with E-state index in [1.807, 2.05) is 0 Å². The van der Waals surface area contributed by atoms with Gasteiger partial charge in [-0.25, -0.2) is 0 Å². The second-order valence-electron chi connectivity index (χ2n) is 5.37. The van der Waals surface area contributed by atoms with Crippen molar-refractivity contribution in [2.24, 2.45) is 5.92 Å². The summed E-state index contributed by atoms with van der Waals surface area (Å²) in [5.74, 6) is 1.00.